The molecule has 0 unspecified atom stereocenters. The maximum absolute atomic E-state index is 10.6. The predicted octanol–water partition coefficient (Wildman–Crippen LogP) is 0.0695. The molecule has 1 aromatic rings. The molecule has 1 rings (SSSR count). The van der Waals surface area contributed by atoms with Gasteiger partial charge < -0.3 is 15.5 Å². The lowest BCUT2D eigenvalue weighted by Crippen LogP contribution is -2.69. The van der Waals surface area contributed by atoms with Gasteiger partial charge in [0.2, 0.25) is 0 Å². The van der Waals surface area contributed by atoms with E-state index in [9.17, 15) is 9.59 Å². The van der Waals surface area contributed by atoms with Gasteiger partial charge in [0.1, 0.15) is 5.69 Å². The summed E-state index contributed by atoms with van der Waals surface area (Å²) in [7, 11) is 3.45. The zero-order valence-electron chi connectivity index (χ0n) is 7.23. The molecule has 0 bridgehead atoms. The van der Waals surface area contributed by atoms with Crippen molar-refractivity contribution in [2.24, 2.45) is 0 Å². The third-order valence-corrected chi connectivity index (χ3v) is 1.68. The number of benzene rings is 1. The van der Waals surface area contributed by atoms with E-state index in [1.807, 2.05) is 0 Å². The van der Waals surface area contributed by atoms with Crippen molar-refractivity contribution in [2.75, 3.05) is 0 Å². The largest absolute Gasteiger partial charge is 0.478 e. The summed E-state index contributed by atoms with van der Waals surface area (Å²) in [5.74, 6) is -2.31. The molecule has 0 saturated carbocycles. The predicted molar refractivity (Wildman–Crippen MR) is 47.3 cm³/mol. The van der Waals surface area contributed by atoms with E-state index in [1.165, 1.54) is 17.4 Å². The molecule has 0 aromatic heterocycles. The molecular weight excluding hydrogens is 186 g/mol. The Labute approximate surface area is 80.0 Å². The van der Waals surface area contributed by atoms with E-state index in [2.05, 4.69) is 7.05 Å². The van der Waals surface area contributed by atoms with Crippen molar-refractivity contribution in [3.05, 3.63) is 36.4 Å². The van der Waals surface area contributed by atoms with Gasteiger partial charge in [-0.1, -0.05) is 0 Å². The van der Waals surface area contributed by atoms with Crippen LogP contribution in [0.1, 0.15) is 20.7 Å². The van der Waals surface area contributed by atoms with Crippen molar-refractivity contribution < 1.29 is 25.1 Å². The SMILES string of the molecule is [CH2-][NH2+]c1cc(C(=O)O)cc(C(=O)O)c1. The Hall–Kier alpha value is -1.88. The number of quaternary nitrogens is 1. The highest BCUT2D eigenvalue weighted by atomic mass is 16.4. The molecule has 0 heterocycles. The minimum Gasteiger partial charge on any atom is -0.478 e. The Morgan fingerprint density at radius 1 is 1.07 bits per heavy atom. The molecule has 0 aliphatic rings. The van der Waals surface area contributed by atoms with Crippen molar-refractivity contribution in [3.63, 3.8) is 0 Å². The third kappa shape index (κ3) is 2.08. The lowest BCUT2D eigenvalue weighted by atomic mass is 10.1. The Kier molecular flexibility index (Phi) is 2.83. The first-order valence-electron chi connectivity index (χ1n) is 3.78. The number of aromatic carboxylic acids is 2. The van der Waals surface area contributed by atoms with Crippen LogP contribution in [0.15, 0.2) is 18.2 Å². The number of hydrogen-bond donors (Lipinski definition) is 3. The summed E-state index contributed by atoms with van der Waals surface area (Å²) in [4.78, 5) is 21.2. The first-order valence-corrected chi connectivity index (χ1v) is 3.78. The van der Waals surface area contributed by atoms with Crippen LogP contribution in [-0.4, -0.2) is 22.2 Å². The number of nitrogens with two attached hydrogens (primary N) is 1. The van der Waals surface area contributed by atoms with Crippen molar-refractivity contribution >= 4 is 17.6 Å². The lowest BCUT2D eigenvalue weighted by molar-refractivity contribution is -0.504. The van der Waals surface area contributed by atoms with E-state index >= 15 is 0 Å². The molecule has 5 heteroatoms. The van der Waals surface area contributed by atoms with Crippen LogP contribution in [-0.2, 0) is 0 Å². The van der Waals surface area contributed by atoms with Crippen LogP contribution in [0.25, 0.3) is 0 Å². The normalized spacial score (nSPS) is 9.79. The lowest BCUT2D eigenvalue weighted by Gasteiger charge is -2.03. The van der Waals surface area contributed by atoms with Gasteiger partial charge in [-0.15, -0.1) is 7.05 Å². The highest BCUT2D eigenvalue weighted by Crippen LogP contribution is 2.11. The maximum atomic E-state index is 10.6. The van der Waals surface area contributed by atoms with E-state index < -0.39 is 11.9 Å². The van der Waals surface area contributed by atoms with Crippen LogP contribution >= 0.6 is 0 Å². The van der Waals surface area contributed by atoms with E-state index in [4.69, 9.17) is 10.2 Å². The van der Waals surface area contributed by atoms with Gasteiger partial charge in [-0.25, -0.2) is 9.59 Å². The fourth-order valence-electron chi connectivity index (χ4n) is 1.02. The quantitative estimate of drug-likeness (QED) is 0.470. The zero-order valence-corrected chi connectivity index (χ0v) is 7.23. The number of hydrogen-bond acceptors (Lipinski definition) is 2. The van der Waals surface area contributed by atoms with Crippen LogP contribution in [0.3, 0.4) is 0 Å². The van der Waals surface area contributed by atoms with Gasteiger partial charge in [-0.3, -0.25) is 0 Å². The average molecular weight is 195 g/mol. The second-order valence-electron chi connectivity index (χ2n) is 2.66. The highest BCUT2D eigenvalue weighted by Gasteiger charge is 2.11. The molecule has 0 spiro atoms. The average Bonchev–Trinajstić information content (AvgIpc) is 2.16. The van der Waals surface area contributed by atoms with Crippen LogP contribution in [0.5, 0.6) is 0 Å². The first-order chi connectivity index (χ1) is 6.54. The fourth-order valence-corrected chi connectivity index (χ4v) is 1.02. The molecule has 0 aliphatic carbocycles. The second kappa shape index (κ2) is 3.89. The van der Waals surface area contributed by atoms with Crippen LogP contribution < -0.4 is 5.32 Å². The van der Waals surface area contributed by atoms with Crippen LogP contribution in [0, 0.1) is 7.05 Å². The van der Waals surface area contributed by atoms with Crippen LogP contribution in [0.2, 0.25) is 0 Å². The van der Waals surface area contributed by atoms with E-state index in [0.29, 0.717) is 5.69 Å². The summed E-state index contributed by atoms with van der Waals surface area (Å²) in [6.45, 7) is 0. The van der Waals surface area contributed by atoms with Crippen molar-refractivity contribution in [2.45, 2.75) is 0 Å². The van der Waals surface area contributed by atoms with Gasteiger partial charge in [0.05, 0.1) is 11.1 Å². The highest BCUT2D eigenvalue weighted by molar-refractivity contribution is 5.94. The van der Waals surface area contributed by atoms with Gasteiger partial charge in [0.15, 0.2) is 0 Å². The Morgan fingerprint density at radius 2 is 1.50 bits per heavy atom. The zero-order chi connectivity index (χ0) is 10.7. The van der Waals surface area contributed by atoms with Gasteiger partial charge in [0.25, 0.3) is 0 Å². The molecule has 4 N–H and O–H groups in total. The third-order valence-electron chi connectivity index (χ3n) is 1.68. The molecule has 14 heavy (non-hydrogen) atoms. The molecular formula is C9H9NO4. The summed E-state index contributed by atoms with van der Waals surface area (Å²) in [5.41, 5.74) is 0.363. The Morgan fingerprint density at radius 3 is 1.79 bits per heavy atom. The van der Waals surface area contributed by atoms with Crippen molar-refractivity contribution in [3.8, 4) is 0 Å². The molecule has 74 valence electrons. The molecule has 0 atom stereocenters. The summed E-state index contributed by atoms with van der Waals surface area (Å²) in [6, 6.07) is 3.83. The topological polar surface area (TPSA) is 91.2 Å². The minimum atomic E-state index is -1.16. The Balaban J connectivity index is 3.27. The second-order valence-corrected chi connectivity index (χ2v) is 2.66. The number of carbonyl (C=O) groups is 2. The molecule has 0 amide bonds. The molecule has 5 nitrogen and oxygen atoms in total. The fraction of sp³-hybridized carbons (Fsp3) is 0. The molecule has 0 fully saturated rings. The monoisotopic (exact) mass is 195 g/mol. The number of carboxylic acids is 2. The van der Waals surface area contributed by atoms with Crippen molar-refractivity contribution in [1.29, 1.82) is 0 Å². The van der Waals surface area contributed by atoms with E-state index in [0.717, 1.165) is 6.07 Å². The van der Waals surface area contributed by atoms with E-state index in [1.54, 1.807) is 0 Å². The summed E-state index contributed by atoms with van der Waals surface area (Å²) in [5, 5.41) is 18.8. The van der Waals surface area contributed by atoms with Gasteiger partial charge in [-0.2, -0.15) is 0 Å². The van der Waals surface area contributed by atoms with Crippen molar-refractivity contribution in [1.82, 2.24) is 0 Å². The van der Waals surface area contributed by atoms with E-state index in [-0.39, 0.29) is 11.1 Å². The van der Waals surface area contributed by atoms with Gasteiger partial charge in [-0.05, 0) is 6.07 Å². The molecule has 0 radical (unpaired) electrons. The first kappa shape index (κ1) is 10.2. The van der Waals surface area contributed by atoms with Crippen LogP contribution in [0.4, 0.5) is 5.69 Å². The van der Waals surface area contributed by atoms with Gasteiger partial charge >= 0.3 is 11.9 Å². The van der Waals surface area contributed by atoms with Gasteiger partial charge in [0, 0.05) is 12.1 Å². The standard InChI is InChI=1S/C9H9NO4/c1-10-7-3-5(8(11)12)2-6(4-7)9(13)14/h2-4H,1,10H2,(H,11,12)(H,13,14). The Bertz CT molecular complexity index is 354. The summed E-state index contributed by atoms with van der Waals surface area (Å²) in [6.07, 6.45) is 0. The number of rotatable bonds is 3. The number of carboxylic acid groups (broad SMARTS) is 2. The molecule has 1 aromatic carbocycles. The molecule has 0 aliphatic heterocycles. The maximum Gasteiger partial charge on any atom is 0.335 e. The summed E-state index contributed by atoms with van der Waals surface area (Å²) >= 11 is 0. The minimum absolute atomic E-state index is 0.0557. The molecule has 0 saturated heterocycles. The summed E-state index contributed by atoms with van der Waals surface area (Å²) < 4.78 is 0. The smallest absolute Gasteiger partial charge is 0.335 e.